The number of benzene rings is 1. The molecular formula is C11H12FNO3. The topological polar surface area (TPSA) is 72.5 Å². The van der Waals surface area contributed by atoms with Gasteiger partial charge in [0.05, 0.1) is 13.2 Å². The predicted molar refractivity (Wildman–Crippen MR) is 56.7 cm³/mol. The summed E-state index contributed by atoms with van der Waals surface area (Å²) in [5, 5.41) is 8.44. The van der Waals surface area contributed by atoms with Crippen LogP contribution in [0.2, 0.25) is 0 Å². The highest BCUT2D eigenvalue weighted by atomic mass is 19.1. The number of carboxylic acid groups (broad SMARTS) is 1. The van der Waals surface area contributed by atoms with Crippen LogP contribution in [0, 0.1) is 5.82 Å². The average Bonchev–Trinajstić information content (AvgIpc) is 2.25. The SMILES string of the molecule is COc1ccc(F)cc1C(N)/C=C/C(=O)O. The van der Waals surface area contributed by atoms with Crippen LogP contribution in [0.15, 0.2) is 30.4 Å². The summed E-state index contributed by atoms with van der Waals surface area (Å²) in [6.45, 7) is 0. The van der Waals surface area contributed by atoms with E-state index in [-0.39, 0.29) is 0 Å². The van der Waals surface area contributed by atoms with Crippen LogP contribution < -0.4 is 10.5 Å². The average molecular weight is 225 g/mol. The first-order valence-electron chi connectivity index (χ1n) is 4.54. The summed E-state index contributed by atoms with van der Waals surface area (Å²) in [5.41, 5.74) is 6.09. The Morgan fingerprint density at radius 2 is 2.31 bits per heavy atom. The molecule has 0 radical (unpaired) electrons. The maximum Gasteiger partial charge on any atom is 0.328 e. The molecule has 0 saturated carbocycles. The molecule has 16 heavy (non-hydrogen) atoms. The molecule has 0 bridgehead atoms. The third-order valence-electron chi connectivity index (χ3n) is 2.00. The third kappa shape index (κ3) is 3.06. The van der Waals surface area contributed by atoms with Gasteiger partial charge in [0.25, 0.3) is 0 Å². The van der Waals surface area contributed by atoms with Gasteiger partial charge in [0, 0.05) is 11.6 Å². The van der Waals surface area contributed by atoms with E-state index < -0.39 is 17.8 Å². The quantitative estimate of drug-likeness (QED) is 0.761. The highest BCUT2D eigenvalue weighted by Crippen LogP contribution is 2.25. The van der Waals surface area contributed by atoms with Crippen molar-refractivity contribution in [1.29, 1.82) is 0 Å². The minimum absolute atomic E-state index is 0.403. The van der Waals surface area contributed by atoms with Gasteiger partial charge in [0.15, 0.2) is 0 Å². The van der Waals surface area contributed by atoms with Gasteiger partial charge >= 0.3 is 5.97 Å². The van der Waals surface area contributed by atoms with Crippen LogP contribution in [0.5, 0.6) is 5.75 Å². The Morgan fingerprint density at radius 3 is 2.88 bits per heavy atom. The molecule has 0 aromatic heterocycles. The number of halogens is 1. The molecule has 1 rings (SSSR count). The van der Waals surface area contributed by atoms with Crippen molar-refractivity contribution in [2.75, 3.05) is 7.11 Å². The van der Waals surface area contributed by atoms with Gasteiger partial charge in [-0.1, -0.05) is 6.08 Å². The molecule has 0 fully saturated rings. The largest absolute Gasteiger partial charge is 0.496 e. The minimum Gasteiger partial charge on any atom is -0.496 e. The second-order valence-electron chi connectivity index (χ2n) is 3.11. The number of carboxylic acids is 1. The van der Waals surface area contributed by atoms with Crippen molar-refractivity contribution in [2.45, 2.75) is 6.04 Å². The van der Waals surface area contributed by atoms with Gasteiger partial charge in [-0.05, 0) is 18.2 Å². The highest BCUT2D eigenvalue weighted by molar-refractivity contribution is 5.79. The normalized spacial score (nSPS) is 12.7. The molecule has 86 valence electrons. The predicted octanol–water partition coefficient (Wildman–Crippen LogP) is 1.47. The Balaban J connectivity index is 3.01. The van der Waals surface area contributed by atoms with Gasteiger partial charge in [-0.3, -0.25) is 0 Å². The molecule has 4 nitrogen and oxygen atoms in total. The first-order chi connectivity index (χ1) is 7.54. The number of rotatable bonds is 4. The van der Waals surface area contributed by atoms with Gasteiger partial charge in [0.1, 0.15) is 11.6 Å². The third-order valence-corrected chi connectivity index (χ3v) is 2.00. The van der Waals surface area contributed by atoms with E-state index >= 15 is 0 Å². The van der Waals surface area contributed by atoms with Crippen molar-refractivity contribution in [2.24, 2.45) is 5.73 Å². The molecule has 1 aromatic carbocycles. The van der Waals surface area contributed by atoms with Crippen LogP contribution in [0.25, 0.3) is 0 Å². The zero-order valence-electron chi connectivity index (χ0n) is 8.68. The summed E-state index contributed by atoms with van der Waals surface area (Å²) in [6, 6.07) is 3.19. The van der Waals surface area contributed by atoms with E-state index in [0.29, 0.717) is 11.3 Å². The molecule has 0 spiro atoms. The smallest absolute Gasteiger partial charge is 0.328 e. The van der Waals surface area contributed by atoms with Crippen LogP contribution in [-0.4, -0.2) is 18.2 Å². The fourth-order valence-electron chi connectivity index (χ4n) is 1.26. The van der Waals surface area contributed by atoms with E-state index in [9.17, 15) is 9.18 Å². The van der Waals surface area contributed by atoms with Crippen molar-refractivity contribution in [3.8, 4) is 5.75 Å². The molecule has 5 heteroatoms. The maximum atomic E-state index is 13.0. The van der Waals surface area contributed by atoms with Gasteiger partial charge in [0.2, 0.25) is 0 Å². The molecule has 0 aliphatic rings. The summed E-state index contributed by atoms with van der Waals surface area (Å²) in [5.74, 6) is -1.13. The molecule has 0 aliphatic heterocycles. The van der Waals surface area contributed by atoms with E-state index in [4.69, 9.17) is 15.6 Å². The van der Waals surface area contributed by atoms with Crippen LogP contribution in [0.3, 0.4) is 0 Å². The monoisotopic (exact) mass is 225 g/mol. The molecule has 0 aliphatic carbocycles. The number of nitrogens with two attached hydrogens (primary N) is 1. The van der Waals surface area contributed by atoms with Crippen LogP contribution >= 0.6 is 0 Å². The van der Waals surface area contributed by atoms with Crippen molar-refractivity contribution < 1.29 is 19.0 Å². The van der Waals surface area contributed by atoms with Crippen LogP contribution in [0.1, 0.15) is 11.6 Å². The maximum absolute atomic E-state index is 13.0. The Kier molecular flexibility index (Phi) is 4.02. The zero-order valence-corrected chi connectivity index (χ0v) is 8.68. The van der Waals surface area contributed by atoms with Gasteiger partial charge in [-0.2, -0.15) is 0 Å². The number of ether oxygens (including phenoxy) is 1. The Hall–Kier alpha value is -1.88. The van der Waals surface area contributed by atoms with E-state index in [1.54, 1.807) is 0 Å². The Labute approximate surface area is 92.1 Å². The highest BCUT2D eigenvalue weighted by Gasteiger charge is 2.10. The van der Waals surface area contributed by atoms with Gasteiger partial charge in [-0.25, -0.2) is 9.18 Å². The fraction of sp³-hybridized carbons (Fsp3) is 0.182. The van der Waals surface area contributed by atoms with Crippen molar-refractivity contribution in [1.82, 2.24) is 0 Å². The lowest BCUT2D eigenvalue weighted by molar-refractivity contribution is -0.131. The number of hydrogen-bond donors (Lipinski definition) is 2. The van der Waals surface area contributed by atoms with Crippen molar-refractivity contribution in [3.63, 3.8) is 0 Å². The van der Waals surface area contributed by atoms with Gasteiger partial charge < -0.3 is 15.6 Å². The minimum atomic E-state index is -1.11. The first kappa shape index (κ1) is 12.2. The number of aliphatic carboxylic acids is 1. The molecule has 0 heterocycles. The molecule has 0 amide bonds. The standard InChI is InChI=1S/C11H12FNO3/c1-16-10-4-2-7(12)6-8(10)9(13)3-5-11(14)15/h2-6,9H,13H2,1H3,(H,14,15)/b5-3+. The summed E-state index contributed by atoms with van der Waals surface area (Å²) in [4.78, 5) is 10.3. The summed E-state index contributed by atoms with van der Waals surface area (Å²) >= 11 is 0. The lowest BCUT2D eigenvalue weighted by Crippen LogP contribution is -2.09. The van der Waals surface area contributed by atoms with Crippen molar-refractivity contribution >= 4 is 5.97 Å². The molecular weight excluding hydrogens is 213 g/mol. The number of hydrogen-bond acceptors (Lipinski definition) is 3. The molecule has 3 N–H and O–H groups in total. The van der Waals surface area contributed by atoms with E-state index in [1.807, 2.05) is 0 Å². The van der Waals surface area contributed by atoms with Crippen LogP contribution in [-0.2, 0) is 4.79 Å². The van der Waals surface area contributed by atoms with E-state index in [2.05, 4.69) is 0 Å². The van der Waals surface area contributed by atoms with Gasteiger partial charge in [-0.15, -0.1) is 0 Å². The molecule has 0 saturated heterocycles. The second kappa shape index (κ2) is 5.27. The Bertz CT molecular complexity index is 418. The summed E-state index contributed by atoms with van der Waals surface area (Å²) in [6.07, 6.45) is 2.18. The number of methoxy groups -OCH3 is 1. The summed E-state index contributed by atoms with van der Waals surface area (Å²) in [7, 11) is 1.43. The molecule has 1 unspecified atom stereocenters. The van der Waals surface area contributed by atoms with E-state index in [1.165, 1.54) is 31.4 Å². The zero-order chi connectivity index (χ0) is 12.1. The second-order valence-corrected chi connectivity index (χ2v) is 3.11. The molecule has 1 atom stereocenters. The Morgan fingerprint density at radius 1 is 1.62 bits per heavy atom. The van der Waals surface area contributed by atoms with Crippen LogP contribution in [0.4, 0.5) is 4.39 Å². The first-order valence-corrected chi connectivity index (χ1v) is 4.54. The van der Waals surface area contributed by atoms with E-state index in [0.717, 1.165) is 6.08 Å². The fourth-order valence-corrected chi connectivity index (χ4v) is 1.26. The van der Waals surface area contributed by atoms with Crippen molar-refractivity contribution in [3.05, 3.63) is 41.7 Å². The number of carbonyl (C=O) groups is 1. The lowest BCUT2D eigenvalue weighted by atomic mass is 10.1. The molecule has 1 aromatic rings. The lowest BCUT2D eigenvalue weighted by Gasteiger charge is -2.12. The summed E-state index contributed by atoms with van der Waals surface area (Å²) < 4.78 is 18.0.